The number of hydrogen-bond acceptors (Lipinski definition) is 6. The summed E-state index contributed by atoms with van der Waals surface area (Å²) in [5, 5.41) is 14.2. The van der Waals surface area contributed by atoms with E-state index in [4.69, 9.17) is 10.5 Å². The Labute approximate surface area is 126 Å². The Kier molecular flexibility index (Phi) is 4.94. The number of nitrogens with two attached hydrogens (primary N) is 1. The van der Waals surface area contributed by atoms with Gasteiger partial charge >= 0.3 is 6.03 Å². The van der Waals surface area contributed by atoms with E-state index in [1.54, 1.807) is 12.1 Å². The second-order valence-electron chi connectivity index (χ2n) is 4.26. The molecule has 0 bridgehead atoms. The van der Waals surface area contributed by atoms with Crippen LogP contribution in [0, 0.1) is 0 Å². The van der Waals surface area contributed by atoms with Crippen molar-refractivity contribution in [2.75, 3.05) is 17.7 Å². The number of nitrogens with one attached hydrogen (secondary N) is 2. The number of hydrogen-bond donors (Lipinski definition) is 3. The minimum absolute atomic E-state index is 0.269. The Hall–Kier alpha value is -2.35. The van der Waals surface area contributed by atoms with Gasteiger partial charge in [0.25, 0.3) is 0 Å². The summed E-state index contributed by atoms with van der Waals surface area (Å²) < 4.78 is 5.38. The number of nitrogens with zero attached hydrogens (tertiary/aromatic N) is 2. The van der Waals surface area contributed by atoms with E-state index in [0.717, 1.165) is 0 Å². The molecule has 1 atom stereocenters. The molecule has 4 N–H and O–H groups in total. The lowest BCUT2D eigenvalue weighted by Gasteiger charge is -2.12. The Bertz CT molecular complexity index is 616. The zero-order valence-corrected chi connectivity index (χ0v) is 12.6. The quantitative estimate of drug-likeness (QED) is 0.787. The summed E-state index contributed by atoms with van der Waals surface area (Å²) in [6.07, 6.45) is 0. The maximum atomic E-state index is 11.9. The van der Waals surface area contributed by atoms with Crippen molar-refractivity contribution in [3.05, 3.63) is 29.3 Å². The fourth-order valence-electron chi connectivity index (χ4n) is 1.68. The van der Waals surface area contributed by atoms with Crippen LogP contribution >= 0.6 is 11.3 Å². The van der Waals surface area contributed by atoms with E-state index in [1.165, 1.54) is 11.3 Å². The fraction of sp³-hybridized carbons (Fsp3) is 0.308. The van der Waals surface area contributed by atoms with Gasteiger partial charge in [0.1, 0.15) is 10.8 Å². The zero-order valence-electron chi connectivity index (χ0n) is 11.8. The number of carbonyl (C=O) groups is 1. The summed E-state index contributed by atoms with van der Waals surface area (Å²) in [7, 11) is 0. The van der Waals surface area contributed by atoms with Crippen LogP contribution in [0.4, 0.5) is 15.6 Å². The predicted molar refractivity (Wildman–Crippen MR) is 82.5 cm³/mol. The first-order valence-electron chi connectivity index (χ1n) is 6.47. The van der Waals surface area contributed by atoms with Crippen LogP contribution in [0.1, 0.15) is 24.9 Å². The third-order valence-electron chi connectivity index (χ3n) is 2.58. The van der Waals surface area contributed by atoms with Gasteiger partial charge in [-0.15, -0.1) is 10.2 Å². The summed E-state index contributed by atoms with van der Waals surface area (Å²) >= 11 is 1.25. The van der Waals surface area contributed by atoms with Gasteiger partial charge < -0.3 is 21.1 Å². The predicted octanol–water partition coefficient (Wildman–Crippen LogP) is 2.40. The van der Waals surface area contributed by atoms with E-state index < -0.39 is 0 Å². The number of nitrogen functional groups attached to an aromatic ring is 1. The molecule has 0 spiro atoms. The van der Waals surface area contributed by atoms with Gasteiger partial charge in [-0.1, -0.05) is 17.4 Å². The average molecular weight is 307 g/mol. The number of aromatic nitrogens is 2. The summed E-state index contributed by atoms with van der Waals surface area (Å²) in [5.41, 5.74) is 6.17. The third kappa shape index (κ3) is 4.32. The Morgan fingerprint density at radius 1 is 1.48 bits per heavy atom. The van der Waals surface area contributed by atoms with Gasteiger partial charge in [-0.3, -0.25) is 0 Å². The standard InChI is InChI=1S/C13H17N5O2S/c1-3-20-10-6-4-5-9(7-10)16-13(19)15-8(2)11-17-18-12(14)21-11/h4-8H,3H2,1-2H3,(H2,14,18)(H2,15,16,19)/t8-/m1/s1. The van der Waals surface area contributed by atoms with Gasteiger partial charge in [0.2, 0.25) is 5.13 Å². The Morgan fingerprint density at radius 3 is 2.95 bits per heavy atom. The van der Waals surface area contributed by atoms with Crippen LogP contribution in [-0.4, -0.2) is 22.8 Å². The third-order valence-corrected chi connectivity index (χ3v) is 3.51. The minimum atomic E-state index is -0.329. The van der Waals surface area contributed by atoms with Gasteiger partial charge in [-0.25, -0.2) is 4.79 Å². The normalized spacial score (nSPS) is 11.7. The molecule has 0 saturated heterocycles. The molecule has 1 aromatic heterocycles. The van der Waals surface area contributed by atoms with Gasteiger partial charge in [-0.2, -0.15) is 0 Å². The van der Waals surface area contributed by atoms with Crippen LogP contribution in [0.15, 0.2) is 24.3 Å². The smallest absolute Gasteiger partial charge is 0.319 e. The zero-order chi connectivity index (χ0) is 15.2. The lowest BCUT2D eigenvalue weighted by Crippen LogP contribution is -2.31. The lowest BCUT2D eigenvalue weighted by atomic mass is 10.3. The van der Waals surface area contributed by atoms with E-state index >= 15 is 0 Å². The molecule has 0 radical (unpaired) electrons. The number of ether oxygens (including phenoxy) is 1. The van der Waals surface area contributed by atoms with Crippen molar-refractivity contribution in [3.63, 3.8) is 0 Å². The maximum Gasteiger partial charge on any atom is 0.319 e. The topological polar surface area (TPSA) is 102 Å². The second-order valence-corrected chi connectivity index (χ2v) is 5.30. The number of rotatable bonds is 5. The molecule has 7 nitrogen and oxygen atoms in total. The molecule has 0 unspecified atom stereocenters. The van der Waals surface area contributed by atoms with Crippen molar-refractivity contribution in [2.45, 2.75) is 19.9 Å². The van der Waals surface area contributed by atoms with Gasteiger partial charge in [-0.05, 0) is 26.0 Å². The summed E-state index contributed by atoms with van der Waals surface area (Å²) in [4.78, 5) is 11.9. The summed E-state index contributed by atoms with van der Waals surface area (Å²) in [6, 6.07) is 6.60. The monoisotopic (exact) mass is 307 g/mol. The first kappa shape index (κ1) is 15.0. The molecule has 21 heavy (non-hydrogen) atoms. The summed E-state index contributed by atoms with van der Waals surface area (Å²) in [5.74, 6) is 0.709. The molecule has 2 amide bonds. The van der Waals surface area contributed by atoms with E-state index in [0.29, 0.717) is 28.2 Å². The van der Waals surface area contributed by atoms with Gasteiger partial charge in [0.15, 0.2) is 0 Å². The minimum Gasteiger partial charge on any atom is -0.494 e. The number of urea groups is 1. The van der Waals surface area contributed by atoms with Crippen LogP contribution in [0.3, 0.4) is 0 Å². The van der Waals surface area contributed by atoms with Crippen LogP contribution in [0.5, 0.6) is 5.75 Å². The average Bonchev–Trinajstić information content (AvgIpc) is 2.86. The fourth-order valence-corrected chi connectivity index (χ4v) is 2.29. The van der Waals surface area contributed by atoms with Crippen LogP contribution < -0.4 is 21.1 Å². The number of carbonyl (C=O) groups excluding carboxylic acids is 1. The highest BCUT2D eigenvalue weighted by molar-refractivity contribution is 7.15. The largest absolute Gasteiger partial charge is 0.494 e. The van der Waals surface area contributed by atoms with E-state index in [9.17, 15) is 4.79 Å². The molecule has 1 heterocycles. The van der Waals surface area contributed by atoms with E-state index in [1.807, 2.05) is 26.0 Å². The molecule has 1 aromatic carbocycles. The Balaban J connectivity index is 1.93. The van der Waals surface area contributed by atoms with Crippen LogP contribution in [0.25, 0.3) is 0 Å². The molecule has 0 aliphatic carbocycles. The van der Waals surface area contributed by atoms with Crippen molar-refractivity contribution in [3.8, 4) is 5.75 Å². The highest BCUT2D eigenvalue weighted by Gasteiger charge is 2.14. The molecular formula is C13H17N5O2S. The van der Waals surface area contributed by atoms with Crippen LogP contribution in [0.2, 0.25) is 0 Å². The van der Waals surface area contributed by atoms with E-state index in [2.05, 4.69) is 20.8 Å². The summed E-state index contributed by atoms with van der Waals surface area (Å²) in [6.45, 7) is 4.30. The van der Waals surface area contributed by atoms with Crippen LogP contribution in [-0.2, 0) is 0 Å². The van der Waals surface area contributed by atoms with Crippen molar-refractivity contribution in [2.24, 2.45) is 0 Å². The lowest BCUT2D eigenvalue weighted by molar-refractivity contribution is 0.249. The molecule has 0 aliphatic rings. The molecule has 2 rings (SSSR count). The van der Waals surface area contributed by atoms with E-state index in [-0.39, 0.29) is 12.1 Å². The number of benzene rings is 1. The molecule has 8 heteroatoms. The van der Waals surface area contributed by atoms with Crippen molar-refractivity contribution in [1.29, 1.82) is 0 Å². The molecule has 0 saturated carbocycles. The van der Waals surface area contributed by atoms with Crippen molar-refractivity contribution < 1.29 is 9.53 Å². The SMILES string of the molecule is CCOc1cccc(NC(=O)N[C@H](C)c2nnc(N)s2)c1. The molecule has 112 valence electrons. The first-order valence-corrected chi connectivity index (χ1v) is 7.29. The van der Waals surface area contributed by atoms with Gasteiger partial charge in [0.05, 0.1) is 12.6 Å². The Morgan fingerprint density at radius 2 is 2.29 bits per heavy atom. The van der Waals surface area contributed by atoms with Gasteiger partial charge in [0, 0.05) is 11.8 Å². The highest BCUT2D eigenvalue weighted by atomic mass is 32.1. The molecule has 2 aromatic rings. The van der Waals surface area contributed by atoms with Crippen molar-refractivity contribution >= 4 is 28.2 Å². The second kappa shape index (κ2) is 6.89. The number of amides is 2. The number of anilines is 2. The molecular weight excluding hydrogens is 290 g/mol. The molecule has 0 fully saturated rings. The highest BCUT2D eigenvalue weighted by Crippen LogP contribution is 2.20. The first-order chi connectivity index (χ1) is 10.1. The maximum absolute atomic E-state index is 11.9. The van der Waals surface area contributed by atoms with Crippen molar-refractivity contribution in [1.82, 2.24) is 15.5 Å². The molecule has 0 aliphatic heterocycles.